The Morgan fingerprint density at radius 1 is 0.463 bits per heavy atom. The minimum absolute atomic E-state index is 0.0824. The summed E-state index contributed by atoms with van der Waals surface area (Å²) in [5.41, 5.74) is 13.1. The number of hydrogen-bond donors (Lipinski definition) is 0. The molecule has 0 aromatic heterocycles. The second-order valence-corrected chi connectivity index (χ2v) is 10.5. The lowest BCUT2D eigenvalue weighted by Crippen LogP contribution is -2.61. The van der Waals surface area contributed by atoms with Crippen molar-refractivity contribution in [2.45, 2.75) is 0 Å². The van der Waals surface area contributed by atoms with Crippen LogP contribution in [0.1, 0.15) is 5.56 Å². The maximum Gasteiger partial charge on any atom is 0.252 e. The zero-order valence-electron chi connectivity index (χ0n) is 22.3. The van der Waals surface area contributed by atoms with Crippen molar-refractivity contribution in [3.05, 3.63) is 151 Å². The Hall–Kier alpha value is -5.53. The molecule has 0 aliphatic carbocycles. The van der Waals surface area contributed by atoms with Gasteiger partial charge in [-0.15, -0.1) is 0 Å². The Morgan fingerprint density at radius 2 is 1.02 bits per heavy atom. The summed E-state index contributed by atoms with van der Waals surface area (Å²) in [5.74, 6) is 0. The van der Waals surface area contributed by atoms with Gasteiger partial charge in [0, 0.05) is 28.4 Å². The third-order valence-electron chi connectivity index (χ3n) is 8.29. The largest absolute Gasteiger partial charge is 0.311 e. The molecule has 2 aliphatic heterocycles. The summed E-state index contributed by atoms with van der Waals surface area (Å²) >= 11 is 0. The van der Waals surface area contributed by atoms with Crippen LogP contribution >= 0.6 is 0 Å². The normalized spacial score (nSPS) is 12.7. The van der Waals surface area contributed by atoms with Crippen molar-refractivity contribution in [2.75, 3.05) is 9.80 Å². The summed E-state index contributed by atoms with van der Waals surface area (Å²) in [7, 11) is 0. The quantitative estimate of drug-likeness (QED) is 0.229. The Kier molecular flexibility index (Phi) is 5.30. The van der Waals surface area contributed by atoms with Crippen LogP contribution in [0.4, 0.5) is 34.1 Å². The molecule has 0 N–H and O–H groups in total. The Morgan fingerprint density at radius 3 is 1.71 bits per heavy atom. The van der Waals surface area contributed by atoms with E-state index in [-0.39, 0.29) is 6.71 Å². The smallest absolute Gasteiger partial charge is 0.252 e. The van der Waals surface area contributed by atoms with Gasteiger partial charge in [-0.05, 0) is 76.0 Å². The van der Waals surface area contributed by atoms with Gasteiger partial charge in [0.05, 0.1) is 11.3 Å². The zero-order valence-corrected chi connectivity index (χ0v) is 22.3. The van der Waals surface area contributed by atoms with Crippen LogP contribution in [0, 0.1) is 11.3 Å². The fourth-order valence-corrected chi connectivity index (χ4v) is 6.58. The molecule has 0 radical (unpaired) electrons. The lowest BCUT2D eigenvalue weighted by Gasteiger charge is -2.44. The number of benzene rings is 6. The van der Waals surface area contributed by atoms with Crippen molar-refractivity contribution in [2.24, 2.45) is 0 Å². The standard InChI is InChI=1S/C37H24BN3/c39-25-28-24-27(26-12-3-1-4-13-26)22-23-32(28)41-34-19-10-8-17-31(34)38-30-16-7-9-18-33(30)40(29-14-5-2-6-15-29)35-20-11-21-36(41)37(35)38/h1-24H. The van der Waals surface area contributed by atoms with Gasteiger partial charge in [-0.1, -0.05) is 97.1 Å². The Labute approximate surface area is 240 Å². The minimum atomic E-state index is 0.0824. The molecule has 0 saturated carbocycles. The summed E-state index contributed by atoms with van der Waals surface area (Å²) in [6.07, 6.45) is 0. The van der Waals surface area contributed by atoms with E-state index < -0.39 is 0 Å². The second kappa shape index (κ2) is 9.29. The van der Waals surface area contributed by atoms with E-state index in [2.05, 4.69) is 137 Å². The van der Waals surface area contributed by atoms with Gasteiger partial charge in [0.25, 0.3) is 6.71 Å². The lowest BCUT2D eigenvalue weighted by molar-refractivity contribution is 1.25. The number of nitrogens with zero attached hydrogens (tertiary/aromatic N) is 3. The first-order valence-corrected chi connectivity index (χ1v) is 13.9. The van der Waals surface area contributed by atoms with E-state index in [9.17, 15) is 5.26 Å². The number of rotatable bonds is 3. The van der Waals surface area contributed by atoms with Crippen molar-refractivity contribution in [1.82, 2.24) is 0 Å². The molecule has 6 aromatic rings. The maximum atomic E-state index is 10.4. The van der Waals surface area contributed by atoms with Gasteiger partial charge in [0.15, 0.2) is 0 Å². The first-order valence-electron chi connectivity index (χ1n) is 13.9. The summed E-state index contributed by atoms with van der Waals surface area (Å²) in [4.78, 5) is 4.66. The number of hydrogen-bond acceptors (Lipinski definition) is 3. The summed E-state index contributed by atoms with van der Waals surface area (Å²) < 4.78 is 0. The summed E-state index contributed by atoms with van der Waals surface area (Å²) in [6, 6.07) is 53.5. The molecule has 3 nitrogen and oxygen atoms in total. The third-order valence-corrected chi connectivity index (χ3v) is 8.29. The molecule has 8 rings (SSSR count). The molecule has 2 aliphatic rings. The first-order chi connectivity index (χ1) is 20.3. The highest BCUT2D eigenvalue weighted by Crippen LogP contribution is 2.44. The molecule has 0 spiro atoms. The zero-order chi connectivity index (χ0) is 27.3. The highest BCUT2D eigenvalue weighted by atomic mass is 15.2. The van der Waals surface area contributed by atoms with E-state index >= 15 is 0 Å². The minimum Gasteiger partial charge on any atom is -0.311 e. The van der Waals surface area contributed by atoms with Crippen molar-refractivity contribution >= 4 is 57.2 Å². The SMILES string of the molecule is N#Cc1cc(-c2ccccc2)ccc1N1c2ccccc2B2c3ccccc3N(c3ccccc3)c3cccc1c32. The number of fused-ring (bicyclic) bond motifs is 4. The van der Waals surface area contributed by atoms with Crippen molar-refractivity contribution in [3.63, 3.8) is 0 Å². The van der Waals surface area contributed by atoms with Crippen LogP contribution in [0.15, 0.2) is 146 Å². The van der Waals surface area contributed by atoms with Crippen LogP contribution < -0.4 is 26.2 Å². The molecule has 6 aromatic carbocycles. The Bertz CT molecular complexity index is 1980. The highest BCUT2D eigenvalue weighted by Gasteiger charge is 2.43. The molecule has 2 heterocycles. The first kappa shape index (κ1) is 23.4. The van der Waals surface area contributed by atoms with Crippen LogP contribution in [0.3, 0.4) is 0 Å². The summed E-state index contributed by atoms with van der Waals surface area (Å²) in [5, 5.41) is 10.4. The molecule has 0 bridgehead atoms. The number of para-hydroxylation sites is 3. The van der Waals surface area contributed by atoms with E-state index in [0.717, 1.165) is 39.6 Å². The van der Waals surface area contributed by atoms with Crippen LogP contribution in [-0.4, -0.2) is 6.71 Å². The topological polar surface area (TPSA) is 30.3 Å². The van der Waals surface area contributed by atoms with Crippen LogP contribution in [0.2, 0.25) is 0 Å². The molecule has 0 atom stereocenters. The molecular formula is C37H24BN3. The van der Waals surface area contributed by atoms with E-state index in [0.29, 0.717) is 5.56 Å². The van der Waals surface area contributed by atoms with E-state index in [1.54, 1.807) is 0 Å². The predicted molar refractivity (Wildman–Crippen MR) is 171 cm³/mol. The number of nitriles is 1. The van der Waals surface area contributed by atoms with E-state index in [4.69, 9.17) is 0 Å². The number of anilines is 6. The average molecular weight is 521 g/mol. The lowest BCUT2D eigenvalue weighted by atomic mass is 9.33. The van der Waals surface area contributed by atoms with E-state index in [1.807, 2.05) is 24.3 Å². The molecule has 0 fully saturated rings. The van der Waals surface area contributed by atoms with Crippen LogP contribution in [-0.2, 0) is 0 Å². The van der Waals surface area contributed by atoms with Crippen molar-refractivity contribution in [1.29, 1.82) is 5.26 Å². The van der Waals surface area contributed by atoms with Crippen LogP contribution in [0.25, 0.3) is 11.1 Å². The molecule has 0 amide bonds. The van der Waals surface area contributed by atoms with E-state index in [1.165, 1.54) is 22.1 Å². The second-order valence-electron chi connectivity index (χ2n) is 10.5. The van der Waals surface area contributed by atoms with Crippen LogP contribution in [0.5, 0.6) is 0 Å². The van der Waals surface area contributed by atoms with Crippen molar-refractivity contribution < 1.29 is 0 Å². The predicted octanol–water partition coefficient (Wildman–Crippen LogP) is 7.31. The van der Waals surface area contributed by atoms with Gasteiger partial charge in [-0.25, -0.2) is 0 Å². The molecule has 41 heavy (non-hydrogen) atoms. The van der Waals surface area contributed by atoms with Crippen molar-refractivity contribution in [3.8, 4) is 17.2 Å². The van der Waals surface area contributed by atoms with Gasteiger partial charge >= 0.3 is 0 Å². The fourth-order valence-electron chi connectivity index (χ4n) is 6.58. The van der Waals surface area contributed by atoms with Gasteiger partial charge in [0.1, 0.15) is 6.07 Å². The molecule has 190 valence electrons. The molecule has 0 unspecified atom stereocenters. The Balaban J connectivity index is 1.40. The average Bonchev–Trinajstić information content (AvgIpc) is 3.05. The summed E-state index contributed by atoms with van der Waals surface area (Å²) in [6.45, 7) is 0.0824. The third kappa shape index (κ3) is 3.53. The van der Waals surface area contributed by atoms with Gasteiger partial charge < -0.3 is 9.80 Å². The molecule has 0 saturated heterocycles. The van der Waals surface area contributed by atoms with Gasteiger partial charge in [0.2, 0.25) is 0 Å². The van der Waals surface area contributed by atoms with Gasteiger partial charge in [-0.3, -0.25) is 0 Å². The molecular weight excluding hydrogens is 497 g/mol. The monoisotopic (exact) mass is 521 g/mol. The highest BCUT2D eigenvalue weighted by molar-refractivity contribution is 7.00. The molecule has 4 heteroatoms. The van der Waals surface area contributed by atoms with Gasteiger partial charge in [-0.2, -0.15) is 5.26 Å². The maximum absolute atomic E-state index is 10.4. The fraction of sp³-hybridized carbons (Fsp3) is 0.